The third-order valence-electron chi connectivity index (χ3n) is 2.92. The number of hydrogen-bond donors (Lipinski definition) is 1. The topological polar surface area (TPSA) is 88.0 Å². The molecular formula is C16H18N3O3+. The summed E-state index contributed by atoms with van der Waals surface area (Å²) in [6.45, 7) is 3.67. The second-order valence-electron chi connectivity index (χ2n) is 4.79. The number of aromatic nitrogens is 1. The number of aryl methyl sites for hydroxylation is 2. The van der Waals surface area contributed by atoms with Crippen molar-refractivity contribution in [3.63, 3.8) is 0 Å². The van der Waals surface area contributed by atoms with Gasteiger partial charge in [-0.1, -0.05) is 22.9 Å². The van der Waals surface area contributed by atoms with Gasteiger partial charge in [-0.05, 0) is 31.5 Å². The molecule has 0 atom stereocenters. The Labute approximate surface area is 128 Å². The third-order valence-corrected chi connectivity index (χ3v) is 2.92. The predicted octanol–water partition coefficient (Wildman–Crippen LogP) is 1.36. The molecule has 0 bridgehead atoms. The Morgan fingerprint density at radius 2 is 2.14 bits per heavy atom. The van der Waals surface area contributed by atoms with Crippen LogP contribution >= 0.6 is 0 Å². The molecule has 1 heterocycles. The van der Waals surface area contributed by atoms with Crippen LogP contribution in [0.4, 0.5) is 0 Å². The predicted molar refractivity (Wildman–Crippen MR) is 81.2 cm³/mol. The van der Waals surface area contributed by atoms with Crippen LogP contribution in [0.1, 0.15) is 16.7 Å². The van der Waals surface area contributed by atoms with Gasteiger partial charge in [-0.25, -0.2) is 9.78 Å². The Balaban J connectivity index is 1.88. The van der Waals surface area contributed by atoms with Crippen molar-refractivity contribution in [3.05, 3.63) is 59.4 Å². The van der Waals surface area contributed by atoms with Crippen LogP contribution in [0.2, 0.25) is 0 Å². The highest BCUT2D eigenvalue weighted by molar-refractivity contribution is 5.96. The smallest absolute Gasteiger partial charge is 0.372 e. The average Bonchev–Trinajstić information content (AvgIpc) is 2.52. The number of rotatable bonds is 5. The van der Waals surface area contributed by atoms with Crippen LogP contribution in [0.5, 0.6) is 5.75 Å². The number of hydrogen-bond acceptors (Lipinski definition) is 4. The van der Waals surface area contributed by atoms with Gasteiger partial charge in [0.1, 0.15) is 5.75 Å². The van der Waals surface area contributed by atoms with Gasteiger partial charge in [-0.15, -0.1) is 0 Å². The molecule has 1 aromatic carbocycles. The number of amidine groups is 1. The van der Waals surface area contributed by atoms with Crippen LogP contribution in [-0.2, 0) is 9.63 Å². The lowest BCUT2D eigenvalue weighted by Crippen LogP contribution is -2.19. The highest BCUT2D eigenvalue weighted by Gasteiger charge is 2.08. The van der Waals surface area contributed by atoms with E-state index in [0.29, 0.717) is 11.3 Å². The van der Waals surface area contributed by atoms with Gasteiger partial charge in [0.05, 0.1) is 5.56 Å². The van der Waals surface area contributed by atoms with E-state index >= 15 is 0 Å². The van der Waals surface area contributed by atoms with Crippen LogP contribution in [0, 0.1) is 13.8 Å². The van der Waals surface area contributed by atoms with Crippen LogP contribution in [0.3, 0.4) is 0 Å². The Morgan fingerprint density at radius 1 is 1.32 bits per heavy atom. The number of nitrogens with one attached hydrogen (secondary N) is 1. The van der Waals surface area contributed by atoms with E-state index in [-0.39, 0.29) is 12.4 Å². The summed E-state index contributed by atoms with van der Waals surface area (Å²) >= 11 is 0. The van der Waals surface area contributed by atoms with Crippen molar-refractivity contribution in [1.29, 1.82) is 0 Å². The second kappa shape index (κ2) is 7.21. The molecule has 6 nitrogen and oxygen atoms in total. The number of benzene rings is 1. The van der Waals surface area contributed by atoms with E-state index < -0.39 is 5.97 Å². The first-order valence-electron chi connectivity index (χ1n) is 6.76. The van der Waals surface area contributed by atoms with Crippen molar-refractivity contribution in [2.45, 2.75) is 13.8 Å². The molecule has 0 saturated heterocycles. The van der Waals surface area contributed by atoms with Crippen molar-refractivity contribution < 1.29 is 19.4 Å². The first-order chi connectivity index (χ1) is 10.6. The van der Waals surface area contributed by atoms with Gasteiger partial charge >= 0.3 is 5.97 Å². The van der Waals surface area contributed by atoms with Crippen molar-refractivity contribution in [3.8, 4) is 5.75 Å². The fraction of sp³-hybridized carbons (Fsp3) is 0.188. The van der Waals surface area contributed by atoms with Gasteiger partial charge in [0.2, 0.25) is 0 Å². The normalized spacial score (nSPS) is 11.1. The monoisotopic (exact) mass is 300 g/mol. The van der Waals surface area contributed by atoms with E-state index in [1.54, 1.807) is 24.5 Å². The minimum atomic E-state index is -0.622. The number of oxime groups is 1. The standard InChI is InChI=1S/C16H17N3O3/c1-11-5-6-14(12(2)8-11)21-10-15(20)22-19-16(17)13-4-3-7-18-9-13/h3-9H,10H2,1-2H3,(H2,17,19)/p+1. The molecule has 3 N–H and O–H groups in total. The van der Waals surface area contributed by atoms with E-state index in [1.807, 2.05) is 32.0 Å². The summed E-state index contributed by atoms with van der Waals surface area (Å²) in [6, 6.07) is 9.21. The molecule has 6 heteroatoms. The molecule has 22 heavy (non-hydrogen) atoms. The first-order valence-corrected chi connectivity index (χ1v) is 6.76. The number of aromatic amines is 1. The van der Waals surface area contributed by atoms with Gasteiger partial charge in [0, 0.05) is 6.07 Å². The maximum Gasteiger partial charge on any atom is 0.372 e. The van der Waals surface area contributed by atoms with E-state index in [2.05, 4.69) is 10.1 Å². The molecule has 0 unspecified atom stereocenters. The summed E-state index contributed by atoms with van der Waals surface area (Å²) in [5.74, 6) is 0.122. The van der Waals surface area contributed by atoms with Crippen molar-refractivity contribution in [2.24, 2.45) is 10.9 Å². The second-order valence-corrected chi connectivity index (χ2v) is 4.79. The Kier molecular flexibility index (Phi) is 5.08. The van der Waals surface area contributed by atoms with Crippen LogP contribution in [0.15, 0.2) is 47.9 Å². The van der Waals surface area contributed by atoms with E-state index in [9.17, 15) is 4.79 Å². The fourth-order valence-electron chi connectivity index (χ4n) is 1.83. The SMILES string of the molecule is Cc1ccc(OCC(=O)ON=C(N)c2ccc[nH+]c2)c(C)c1. The summed E-state index contributed by atoms with van der Waals surface area (Å²) in [5, 5.41) is 3.59. The Hall–Kier alpha value is -2.89. The number of carbonyl (C=O) groups excluding carboxylic acids is 1. The molecule has 0 fully saturated rings. The summed E-state index contributed by atoms with van der Waals surface area (Å²) in [4.78, 5) is 19.2. The van der Waals surface area contributed by atoms with Gasteiger partial charge in [-0.3, -0.25) is 0 Å². The molecule has 0 aliphatic rings. The van der Waals surface area contributed by atoms with Crippen LogP contribution < -0.4 is 15.5 Å². The molecule has 1 aromatic heterocycles. The zero-order valence-electron chi connectivity index (χ0n) is 12.5. The largest absolute Gasteiger partial charge is 0.482 e. The first kappa shape index (κ1) is 15.5. The quantitative estimate of drug-likeness (QED) is 0.391. The third kappa shape index (κ3) is 4.31. The lowest BCUT2D eigenvalue weighted by atomic mass is 10.1. The molecule has 2 aromatic rings. The van der Waals surface area contributed by atoms with Gasteiger partial charge in [0.25, 0.3) is 0 Å². The highest BCUT2D eigenvalue weighted by atomic mass is 16.7. The van der Waals surface area contributed by atoms with Crippen LogP contribution in [0.25, 0.3) is 0 Å². The Morgan fingerprint density at radius 3 is 2.82 bits per heavy atom. The molecule has 2 rings (SSSR count). The summed E-state index contributed by atoms with van der Waals surface area (Å²) in [6.07, 6.45) is 3.39. The van der Waals surface area contributed by atoms with Crippen molar-refractivity contribution in [2.75, 3.05) is 6.61 Å². The lowest BCUT2D eigenvalue weighted by molar-refractivity contribution is -0.378. The summed E-state index contributed by atoms with van der Waals surface area (Å²) < 4.78 is 5.40. The molecule has 0 amide bonds. The van der Waals surface area contributed by atoms with Crippen molar-refractivity contribution in [1.82, 2.24) is 0 Å². The summed E-state index contributed by atoms with van der Waals surface area (Å²) in [7, 11) is 0. The Bertz CT molecular complexity index is 684. The van der Waals surface area contributed by atoms with E-state index in [1.165, 1.54) is 0 Å². The molecule has 0 radical (unpaired) electrons. The van der Waals surface area contributed by atoms with E-state index in [4.69, 9.17) is 15.3 Å². The van der Waals surface area contributed by atoms with Crippen LogP contribution in [-0.4, -0.2) is 18.4 Å². The number of pyridine rings is 1. The molecule has 0 saturated carbocycles. The van der Waals surface area contributed by atoms with Gasteiger partial charge in [0.15, 0.2) is 24.8 Å². The van der Waals surface area contributed by atoms with E-state index in [0.717, 1.165) is 11.1 Å². The molecular weight excluding hydrogens is 282 g/mol. The number of ether oxygens (including phenoxy) is 1. The molecule has 0 aliphatic heterocycles. The minimum absolute atomic E-state index is 0.108. The zero-order chi connectivity index (χ0) is 15.9. The lowest BCUT2D eigenvalue weighted by Gasteiger charge is -2.08. The number of carbonyl (C=O) groups is 1. The van der Waals surface area contributed by atoms with Crippen molar-refractivity contribution >= 4 is 11.8 Å². The minimum Gasteiger partial charge on any atom is -0.482 e. The van der Waals surface area contributed by atoms with Gasteiger partial charge < -0.3 is 15.3 Å². The zero-order valence-corrected chi connectivity index (χ0v) is 12.5. The maximum absolute atomic E-state index is 11.6. The fourth-order valence-corrected chi connectivity index (χ4v) is 1.83. The number of H-pyrrole nitrogens is 1. The number of nitrogens with zero attached hydrogens (tertiary/aromatic N) is 1. The molecule has 0 aliphatic carbocycles. The highest BCUT2D eigenvalue weighted by Crippen LogP contribution is 2.18. The summed E-state index contributed by atoms with van der Waals surface area (Å²) in [5.41, 5.74) is 8.42. The molecule has 0 spiro atoms. The van der Waals surface area contributed by atoms with Gasteiger partial charge in [-0.2, -0.15) is 0 Å². The molecule has 114 valence electrons. The number of nitrogens with two attached hydrogens (primary N) is 1. The average molecular weight is 300 g/mol. The maximum atomic E-state index is 11.6.